The van der Waals surface area contributed by atoms with Gasteiger partial charge >= 0.3 is 0 Å². The van der Waals surface area contributed by atoms with Crippen LogP contribution < -0.4 is 0 Å². The molecule has 1 fully saturated rings. The molecule has 17 heavy (non-hydrogen) atoms. The summed E-state index contributed by atoms with van der Waals surface area (Å²) in [4.78, 5) is 0.417. The summed E-state index contributed by atoms with van der Waals surface area (Å²) in [5.41, 5.74) is 5.59. The minimum atomic E-state index is 0.361. The third-order valence-electron chi connectivity index (χ3n) is 3.82. The molecule has 0 radical (unpaired) electrons. The molecule has 1 aliphatic heterocycles. The van der Waals surface area contributed by atoms with Crippen LogP contribution in [0.2, 0.25) is 0 Å². The van der Waals surface area contributed by atoms with E-state index in [1.165, 1.54) is 22.3 Å². The fourth-order valence-electron chi connectivity index (χ4n) is 2.97. The molecule has 1 aromatic rings. The molecule has 2 heteroatoms. The zero-order valence-corrected chi connectivity index (χ0v) is 12.7. The summed E-state index contributed by atoms with van der Waals surface area (Å²) >= 11 is 3.90. The van der Waals surface area contributed by atoms with Gasteiger partial charge in [-0.2, -0.15) is 0 Å². The Bertz CT molecular complexity index is 390. The first-order valence-corrected chi connectivity index (χ1v) is 7.25. The van der Waals surface area contributed by atoms with Gasteiger partial charge in [0.25, 0.3) is 0 Å². The van der Waals surface area contributed by atoms with Gasteiger partial charge < -0.3 is 4.74 Å². The summed E-state index contributed by atoms with van der Waals surface area (Å²) in [5, 5.41) is 0. The normalized spacial score (nSPS) is 26.2. The molecule has 0 bridgehead atoms. The van der Waals surface area contributed by atoms with Crippen LogP contribution in [0.5, 0.6) is 0 Å². The van der Waals surface area contributed by atoms with Crippen LogP contribution in [-0.4, -0.2) is 12.7 Å². The fraction of sp³-hybridized carbons (Fsp3) is 0.600. The van der Waals surface area contributed by atoms with E-state index in [1.807, 2.05) is 0 Å². The average Bonchev–Trinajstić information content (AvgIpc) is 2.62. The number of aryl methyl sites for hydroxylation is 3. The van der Waals surface area contributed by atoms with Crippen LogP contribution in [0.1, 0.15) is 40.4 Å². The summed E-state index contributed by atoms with van der Waals surface area (Å²) in [6.45, 7) is 9.67. The molecule has 1 aromatic carbocycles. The highest BCUT2D eigenvalue weighted by Crippen LogP contribution is 2.42. The largest absolute Gasteiger partial charge is 0.378 e. The quantitative estimate of drug-likeness (QED) is 0.732. The molecule has 0 spiro atoms. The smallest absolute Gasteiger partial charge is 0.0589 e. The zero-order valence-electron chi connectivity index (χ0n) is 11.1. The van der Waals surface area contributed by atoms with Gasteiger partial charge in [-0.25, -0.2) is 0 Å². The minimum Gasteiger partial charge on any atom is -0.378 e. The standard InChI is InChI=1S/C15H21BrO/c1-9-7-10(2)14(11(3)8-9)15(16)13-5-6-17-12(13)4/h7-8,12-13,15H,5-6H2,1-4H3. The predicted molar refractivity (Wildman–Crippen MR) is 75.8 cm³/mol. The van der Waals surface area contributed by atoms with Crippen LogP contribution in [0.4, 0.5) is 0 Å². The number of hydrogen-bond acceptors (Lipinski definition) is 1. The summed E-state index contributed by atoms with van der Waals surface area (Å²) < 4.78 is 5.68. The first-order valence-electron chi connectivity index (χ1n) is 6.34. The van der Waals surface area contributed by atoms with E-state index in [4.69, 9.17) is 4.74 Å². The summed E-state index contributed by atoms with van der Waals surface area (Å²) in [7, 11) is 0. The highest BCUT2D eigenvalue weighted by molar-refractivity contribution is 9.09. The van der Waals surface area contributed by atoms with Gasteiger partial charge in [0.2, 0.25) is 0 Å². The Hall–Kier alpha value is -0.340. The maximum absolute atomic E-state index is 5.68. The fourth-order valence-corrected chi connectivity index (χ4v) is 4.39. The van der Waals surface area contributed by atoms with E-state index in [-0.39, 0.29) is 0 Å². The Morgan fingerprint density at radius 1 is 1.24 bits per heavy atom. The maximum Gasteiger partial charge on any atom is 0.0589 e. The van der Waals surface area contributed by atoms with Crippen molar-refractivity contribution in [3.05, 3.63) is 34.4 Å². The third kappa shape index (κ3) is 2.58. The van der Waals surface area contributed by atoms with Crippen LogP contribution in [0.25, 0.3) is 0 Å². The SMILES string of the molecule is Cc1cc(C)c(C(Br)C2CCOC2C)c(C)c1. The molecule has 94 valence electrons. The number of rotatable bonds is 2. The highest BCUT2D eigenvalue weighted by atomic mass is 79.9. The van der Waals surface area contributed by atoms with Crippen molar-refractivity contribution in [2.75, 3.05) is 6.61 Å². The number of ether oxygens (including phenoxy) is 1. The molecule has 0 saturated carbocycles. The van der Waals surface area contributed by atoms with Crippen molar-refractivity contribution in [3.8, 4) is 0 Å². The van der Waals surface area contributed by atoms with Crippen molar-refractivity contribution in [3.63, 3.8) is 0 Å². The highest BCUT2D eigenvalue weighted by Gasteiger charge is 2.32. The zero-order chi connectivity index (χ0) is 12.6. The van der Waals surface area contributed by atoms with E-state index in [2.05, 4.69) is 55.8 Å². The van der Waals surface area contributed by atoms with Crippen LogP contribution in [0.3, 0.4) is 0 Å². The van der Waals surface area contributed by atoms with Gasteiger partial charge in [-0.15, -0.1) is 0 Å². The average molecular weight is 297 g/mol. The number of benzene rings is 1. The monoisotopic (exact) mass is 296 g/mol. The Balaban J connectivity index is 2.33. The molecular formula is C15H21BrO. The van der Waals surface area contributed by atoms with Crippen LogP contribution >= 0.6 is 15.9 Å². The van der Waals surface area contributed by atoms with E-state index >= 15 is 0 Å². The number of hydrogen-bond donors (Lipinski definition) is 0. The van der Waals surface area contributed by atoms with Gasteiger partial charge in [0.05, 0.1) is 6.10 Å². The Kier molecular flexibility index (Phi) is 3.94. The number of alkyl halides is 1. The van der Waals surface area contributed by atoms with Gasteiger partial charge in [0.1, 0.15) is 0 Å². The second kappa shape index (κ2) is 5.11. The van der Waals surface area contributed by atoms with E-state index < -0.39 is 0 Å². The topological polar surface area (TPSA) is 9.23 Å². The molecule has 1 saturated heterocycles. The van der Waals surface area contributed by atoms with Crippen LogP contribution in [0.15, 0.2) is 12.1 Å². The first-order chi connectivity index (χ1) is 8.00. The van der Waals surface area contributed by atoms with Gasteiger partial charge in [-0.1, -0.05) is 33.6 Å². The molecule has 0 N–H and O–H groups in total. The molecule has 3 unspecified atom stereocenters. The van der Waals surface area contributed by atoms with E-state index in [0.717, 1.165) is 13.0 Å². The van der Waals surface area contributed by atoms with Crippen molar-refractivity contribution in [2.45, 2.75) is 45.0 Å². The van der Waals surface area contributed by atoms with Gasteiger partial charge in [0.15, 0.2) is 0 Å². The van der Waals surface area contributed by atoms with Gasteiger partial charge in [0, 0.05) is 17.4 Å². The van der Waals surface area contributed by atoms with Gasteiger partial charge in [-0.05, 0) is 50.8 Å². The molecule has 0 aromatic heterocycles. The molecule has 3 atom stereocenters. The Morgan fingerprint density at radius 3 is 2.29 bits per heavy atom. The Morgan fingerprint density at radius 2 is 1.82 bits per heavy atom. The summed E-state index contributed by atoms with van der Waals surface area (Å²) in [6, 6.07) is 4.55. The lowest BCUT2D eigenvalue weighted by molar-refractivity contribution is 0.105. The molecular weight excluding hydrogens is 276 g/mol. The van der Waals surface area contributed by atoms with E-state index in [9.17, 15) is 0 Å². The van der Waals surface area contributed by atoms with Crippen LogP contribution in [-0.2, 0) is 4.74 Å². The lowest BCUT2D eigenvalue weighted by atomic mass is 9.88. The Labute approximate surface area is 113 Å². The maximum atomic E-state index is 5.68. The van der Waals surface area contributed by atoms with Crippen molar-refractivity contribution >= 4 is 15.9 Å². The molecule has 0 amide bonds. The van der Waals surface area contributed by atoms with Crippen LogP contribution in [0, 0.1) is 26.7 Å². The van der Waals surface area contributed by atoms with Crippen molar-refractivity contribution in [2.24, 2.45) is 5.92 Å². The number of halogens is 1. The van der Waals surface area contributed by atoms with Crippen molar-refractivity contribution in [1.82, 2.24) is 0 Å². The summed E-state index contributed by atoms with van der Waals surface area (Å²) in [5.74, 6) is 0.593. The first kappa shape index (κ1) is 13.1. The van der Waals surface area contributed by atoms with Gasteiger partial charge in [-0.3, -0.25) is 0 Å². The van der Waals surface area contributed by atoms with E-state index in [1.54, 1.807) is 0 Å². The van der Waals surface area contributed by atoms with Crippen molar-refractivity contribution in [1.29, 1.82) is 0 Å². The molecule has 2 rings (SSSR count). The lowest BCUT2D eigenvalue weighted by Gasteiger charge is -2.24. The van der Waals surface area contributed by atoms with E-state index in [0.29, 0.717) is 16.8 Å². The molecule has 1 heterocycles. The predicted octanol–water partition coefficient (Wildman–Crippen LogP) is 4.47. The summed E-state index contributed by atoms with van der Waals surface area (Å²) in [6.07, 6.45) is 1.52. The molecule has 1 nitrogen and oxygen atoms in total. The molecule has 0 aliphatic carbocycles. The lowest BCUT2D eigenvalue weighted by Crippen LogP contribution is -2.17. The van der Waals surface area contributed by atoms with Crippen molar-refractivity contribution < 1.29 is 4.74 Å². The second-order valence-electron chi connectivity index (χ2n) is 5.24. The second-order valence-corrected chi connectivity index (χ2v) is 6.23. The molecule has 1 aliphatic rings. The minimum absolute atomic E-state index is 0.361. The third-order valence-corrected chi connectivity index (χ3v) is 4.96.